The van der Waals surface area contributed by atoms with Crippen LogP contribution in [-0.4, -0.2) is 33.0 Å². The molecule has 2 rings (SSSR count). The van der Waals surface area contributed by atoms with E-state index >= 15 is 0 Å². The molecule has 0 aliphatic heterocycles. The average Bonchev–Trinajstić information content (AvgIpc) is 2.77. The minimum absolute atomic E-state index is 0.00657. The molecule has 0 aliphatic carbocycles. The number of sulfone groups is 1. The molecule has 0 spiro atoms. The van der Waals surface area contributed by atoms with E-state index in [1.165, 1.54) is 19.1 Å². The first-order valence-electron chi connectivity index (χ1n) is 9.64. The van der Waals surface area contributed by atoms with Crippen LogP contribution in [0.25, 0.3) is 0 Å². The number of hydrogen-bond donors (Lipinski definition) is 1. The normalized spacial score (nSPS) is 11.2. The summed E-state index contributed by atoms with van der Waals surface area (Å²) in [4.78, 5) is 26.4. The van der Waals surface area contributed by atoms with E-state index in [4.69, 9.17) is 0 Å². The number of allylic oxidation sites excluding steroid dienone is 2. The number of para-hydroxylation sites is 1. The molecule has 2 aromatic carbocycles. The first-order valence-corrected chi connectivity index (χ1v) is 11.3. The van der Waals surface area contributed by atoms with Gasteiger partial charge in [0.25, 0.3) is 5.91 Å². The topological polar surface area (TPSA) is 83.5 Å². The lowest BCUT2D eigenvalue weighted by molar-refractivity contribution is -0.115. The van der Waals surface area contributed by atoms with Crippen molar-refractivity contribution in [1.29, 1.82) is 0 Å². The zero-order valence-corrected chi connectivity index (χ0v) is 18.5. The van der Waals surface area contributed by atoms with E-state index in [-0.39, 0.29) is 28.9 Å². The van der Waals surface area contributed by atoms with E-state index in [0.717, 1.165) is 5.69 Å². The predicted molar refractivity (Wildman–Crippen MR) is 126 cm³/mol. The summed E-state index contributed by atoms with van der Waals surface area (Å²) in [5, 5.41) is 2.73. The molecule has 0 bridgehead atoms. The summed E-state index contributed by atoms with van der Waals surface area (Å²) in [6, 6.07) is 15.9. The van der Waals surface area contributed by atoms with Crippen LogP contribution in [0.2, 0.25) is 0 Å². The van der Waals surface area contributed by atoms with E-state index in [0.29, 0.717) is 16.8 Å². The molecule has 0 unspecified atom stereocenters. The molecule has 31 heavy (non-hydrogen) atoms. The Balaban J connectivity index is 1.94. The van der Waals surface area contributed by atoms with E-state index < -0.39 is 9.84 Å². The van der Waals surface area contributed by atoms with Crippen LogP contribution in [0.3, 0.4) is 0 Å². The lowest BCUT2D eigenvalue weighted by Crippen LogP contribution is -2.26. The Bertz CT molecular complexity index is 1100. The van der Waals surface area contributed by atoms with Crippen molar-refractivity contribution in [2.45, 2.75) is 13.3 Å². The van der Waals surface area contributed by atoms with Crippen molar-refractivity contribution in [1.82, 2.24) is 0 Å². The maximum absolute atomic E-state index is 12.6. The van der Waals surface area contributed by atoms with Crippen molar-refractivity contribution < 1.29 is 18.0 Å². The van der Waals surface area contributed by atoms with Crippen LogP contribution in [0.4, 0.5) is 11.4 Å². The molecule has 0 aliphatic rings. The summed E-state index contributed by atoms with van der Waals surface area (Å²) in [5.41, 5.74) is 2.26. The van der Waals surface area contributed by atoms with Gasteiger partial charge in [-0.2, -0.15) is 0 Å². The SMILES string of the molecule is C=C(/C=C\C(=C)S(=O)(=O)CC)CC(=O)Nc1ccc(C(=O)N(C)c2ccccc2)cc1. The minimum atomic E-state index is -3.36. The second-order valence-corrected chi connectivity index (χ2v) is 9.19. The van der Waals surface area contributed by atoms with E-state index in [1.807, 2.05) is 30.3 Å². The number of carbonyl (C=O) groups is 2. The van der Waals surface area contributed by atoms with Crippen LogP contribution < -0.4 is 10.2 Å². The lowest BCUT2D eigenvalue weighted by atomic mass is 10.1. The largest absolute Gasteiger partial charge is 0.326 e. The highest BCUT2D eigenvalue weighted by Crippen LogP contribution is 2.17. The molecule has 0 radical (unpaired) electrons. The number of anilines is 2. The summed E-state index contributed by atoms with van der Waals surface area (Å²) in [7, 11) is -1.66. The van der Waals surface area contributed by atoms with Crippen LogP contribution >= 0.6 is 0 Å². The number of carbonyl (C=O) groups excluding carboxylic acids is 2. The molecule has 1 N–H and O–H groups in total. The van der Waals surface area contributed by atoms with Crippen LogP contribution in [0.1, 0.15) is 23.7 Å². The zero-order chi connectivity index (χ0) is 23.0. The molecule has 0 atom stereocenters. The van der Waals surface area contributed by atoms with Gasteiger partial charge in [0.15, 0.2) is 9.84 Å². The van der Waals surface area contributed by atoms with Crippen molar-refractivity contribution in [2.75, 3.05) is 23.0 Å². The number of amides is 2. The van der Waals surface area contributed by atoms with Gasteiger partial charge in [0, 0.05) is 24.0 Å². The van der Waals surface area contributed by atoms with Crippen molar-refractivity contribution in [3.05, 3.63) is 95.9 Å². The van der Waals surface area contributed by atoms with Gasteiger partial charge in [0.05, 0.1) is 17.1 Å². The Labute approximate surface area is 183 Å². The van der Waals surface area contributed by atoms with Crippen molar-refractivity contribution in [2.24, 2.45) is 0 Å². The second kappa shape index (κ2) is 10.5. The summed E-state index contributed by atoms with van der Waals surface area (Å²) in [6.45, 7) is 8.83. The van der Waals surface area contributed by atoms with Gasteiger partial charge >= 0.3 is 0 Å². The minimum Gasteiger partial charge on any atom is -0.326 e. The fourth-order valence-electron chi connectivity index (χ4n) is 2.63. The number of hydrogen-bond acceptors (Lipinski definition) is 4. The Morgan fingerprint density at radius 3 is 2.19 bits per heavy atom. The van der Waals surface area contributed by atoms with Gasteiger partial charge in [0.2, 0.25) is 5.91 Å². The zero-order valence-electron chi connectivity index (χ0n) is 17.7. The third-order valence-corrected chi connectivity index (χ3v) is 6.23. The number of benzene rings is 2. The Morgan fingerprint density at radius 1 is 1.00 bits per heavy atom. The summed E-state index contributed by atoms with van der Waals surface area (Å²) in [5.74, 6) is -0.507. The highest BCUT2D eigenvalue weighted by molar-refractivity contribution is 7.95. The number of nitrogens with zero attached hydrogens (tertiary/aromatic N) is 1. The molecule has 6 nitrogen and oxygen atoms in total. The molecule has 7 heteroatoms. The second-order valence-electron chi connectivity index (χ2n) is 6.86. The molecule has 2 amide bonds. The van der Waals surface area contributed by atoms with E-state index in [9.17, 15) is 18.0 Å². The van der Waals surface area contributed by atoms with Crippen LogP contribution in [-0.2, 0) is 14.6 Å². The first kappa shape index (κ1) is 23.8. The molecular weight excluding hydrogens is 412 g/mol. The summed E-state index contributed by atoms with van der Waals surface area (Å²) >= 11 is 0. The maximum atomic E-state index is 12.6. The summed E-state index contributed by atoms with van der Waals surface area (Å²) < 4.78 is 23.4. The molecule has 2 aromatic rings. The Kier molecular flexibility index (Phi) is 8.10. The summed E-state index contributed by atoms with van der Waals surface area (Å²) in [6.07, 6.45) is 2.81. The first-order chi connectivity index (χ1) is 14.6. The van der Waals surface area contributed by atoms with Crippen LogP contribution in [0.5, 0.6) is 0 Å². The van der Waals surface area contributed by atoms with Gasteiger partial charge in [-0.3, -0.25) is 9.59 Å². The van der Waals surface area contributed by atoms with Gasteiger partial charge < -0.3 is 10.2 Å². The molecule has 0 saturated carbocycles. The molecule has 0 heterocycles. The van der Waals surface area contributed by atoms with Crippen LogP contribution in [0.15, 0.2) is 90.4 Å². The van der Waals surface area contributed by atoms with Gasteiger partial charge in [0.1, 0.15) is 0 Å². The Hall–Kier alpha value is -3.45. The molecule has 0 saturated heterocycles. The van der Waals surface area contributed by atoms with Crippen LogP contribution in [0, 0.1) is 0 Å². The van der Waals surface area contributed by atoms with Gasteiger partial charge in [-0.1, -0.05) is 44.4 Å². The highest BCUT2D eigenvalue weighted by atomic mass is 32.2. The van der Waals surface area contributed by atoms with Gasteiger partial charge in [-0.15, -0.1) is 0 Å². The van der Waals surface area contributed by atoms with Gasteiger partial charge in [-0.25, -0.2) is 8.42 Å². The number of rotatable bonds is 9. The fourth-order valence-corrected chi connectivity index (χ4v) is 3.28. The standard InChI is InChI=1S/C24H26N2O4S/c1-5-31(29,30)19(3)12-11-18(2)17-23(27)25-21-15-13-20(14-16-21)24(28)26(4)22-9-7-6-8-10-22/h6-16H,2-3,5,17H2,1,4H3,(H,25,27)/b12-11-. The number of nitrogens with one attached hydrogen (secondary N) is 1. The molecule has 0 aromatic heterocycles. The van der Waals surface area contributed by atoms with E-state index in [1.54, 1.807) is 36.2 Å². The predicted octanol–water partition coefficient (Wildman–Crippen LogP) is 4.35. The monoisotopic (exact) mass is 438 g/mol. The van der Waals surface area contributed by atoms with Crippen molar-refractivity contribution in [3.8, 4) is 0 Å². The molecular formula is C24H26N2O4S. The van der Waals surface area contributed by atoms with E-state index in [2.05, 4.69) is 18.5 Å². The quantitative estimate of drug-likeness (QED) is 0.590. The van der Waals surface area contributed by atoms with Crippen molar-refractivity contribution in [3.63, 3.8) is 0 Å². The Morgan fingerprint density at radius 2 is 1.61 bits per heavy atom. The van der Waals surface area contributed by atoms with Crippen molar-refractivity contribution >= 4 is 33.0 Å². The average molecular weight is 439 g/mol. The smallest absolute Gasteiger partial charge is 0.258 e. The molecule has 0 fully saturated rings. The lowest BCUT2D eigenvalue weighted by Gasteiger charge is -2.17. The maximum Gasteiger partial charge on any atom is 0.258 e. The third kappa shape index (κ3) is 6.79. The highest BCUT2D eigenvalue weighted by Gasteiger charge is 2.14. The molecule has 162 valence electrons. The third-order valence-electron chi connectivity index (χ3n) is 4.54. The van der Waals surface area contributed by atoms with Gasteiger partial charge in [-0.05, 0) is 48.0 Å². The fraction of sp³-hybridized carbons (Fsp3) is 0.167.